The molecule has 0 spiro atoms. The average molecular weight is 549 g/mol. The summed E-state index contributed by atoms with van der Waals surface area (Å²) in [5.74, 6) is 0.314. The molecule has 0 aromatic heterocycles. The largest absolute Gasteiger partial charge is 0.478 e. The molecule has 2 aliphatic carbocycles. The van der Waals surface area contributed by atoms with Gasteiger partial charge in [-0.25, -0.2) is 9.09 Å². The topological polar surface area (TPSA) is 88.1 Å². The van der Waals surface area contributed by atoms with Crippen LogP contribution in [0.2, 0.25) is 0 Å². The molecule has 38 heavy (non-hydrogen) atoms. The normalized spacial score (nSPS) is 21.5. The maximum Gasteiger partial charge on any atom is 0.478 e. The van der Waals surface area contributed by atoms with Gasteiger partial charge in [0.15, 0.2) is 11.5 Å². The van der Waals surface area contributed by atoms with Crippen LogP contribution in [0.5, 0.6) is 0 Å². The van der Waals surface area contributed by atoms with Crippen molar-refractivity contribution in [2.75, 3.05) is 6.79 Å². The molecule has 0 aliphatic heterocycles. The minimum atomic E-state index is -4.05. The van der Waals surface area contributed by atoms with Gasteiger partial charge in [0.05, 0.1) is 11.2 Å². The Labute approximate surface area is 228 Å². The molecule has 0 radical (unpaired) electrons. The summed E-state index contributed by atoms with van der Waals surface area (Å²) in [5.41, 5.74) is -0.322. The van der Waals surface area contributed by atoms with Crippen LogP contribution < -0.4 is 0 Å². The molecule has 7 nitrogen and oxygen atoms in total. The highest BCUT2D eigenvalue weighted by Crippen LogP contribution is 2.55. The first-order chi connectivity index (χ1) is 17.4. The summed E-state index contributed by atoms with van der Waals surface area (Å²) in [6.07, 6.45) is 4.63. The van der Waals surface area contributed by atoms with Crippen LogP contribution in [0.1, 0.15) is 115 Å². The number of rotatable bonds is 8. The van der Waals surface area contributed by atoms with Crippen molar-refractivity contribution in [3.8, 4) is 0 Å². The minimum Gasteiger partial charge on any atom is -0.462 e. The van der Waals surface area contributed by atoms with Crippen LogP contribution in [-0.2, 0) is 22.9 Å². The lowest BCUT2D eigenvalue weighted by Crippen LogP contribution is -2.29. The van der Waals surface area contributed by atoms with Gasteiger partial charge in [-0.3, -0.25) is 18.6 Å². The van der Waals surface area contributed by atoms with Crippen molar-refractivity contribution in [1.29, 1.82) is 0 Å². The third kappa shape index (κ3) is 8.11. The molecule has 0 amide bonds. The SMILES string of the molecule is CC(C)(C)OP(=O)(OCOC1=C(CC2CCC(C(C)(C)C)CC2)C(=O)c2ccccc2C1=O)OC(C)(C)C. The van der Waals surface area contributed by atoms with E-state index < -0.39 is 25.8 Å². The lowest BCUT2D eigenvalue weighted by atomic mass is 9.68. The van der Waals surface area contributed by atoms with Crippen LogP contribution in [0.25, 0.3) is 0 Å². The predicted octanol–water partition coefficient (Wildman–Crippen LogP) is 8.29. The molecule has 0 saturated heterocycles. The van der Waals surface area contributed by atoms with Gasteiger partial charge in [0.1, 0.15) is 0 Å². The van der Waals surface area contributed by atoms with Crippen molar-refractivity contribution in [3.05, 3.63) is 46.7 Å². The van der Waals surface area contributed by atoms with Gasteiger partial charge in [-0.15, -0.1) is 0 Å². The fourth-order valence-corrected chi connectivity index (χ4v) is 6.82. The highest BCUT2D eigenvalue weighted by atomic mass is 31.2. The summed E-state index contributed by atoms with van der Waals surface area (Å²) in [5, 5.41) is 0. The van der Waals surface area contributed by atoms with E-state index in [9.17, 15) is 14.2 Å². The molecular formula is C30H45O7P. The van der Waals surface area contributed by atoms with Gasteiger partial charge in [-0.1, -0.05) is 45.0 Å². The second-order valence-electron chi connectivity index (χ2n) is 13.5. The Hall–Kier alpha value is -1.79. The van der Waals surface area contributed by atoms with Crippen LogP contribution in [0.3, 0.4) is 0 Å². The van der Waals surface area contributed by atoms with Crippen molar-refractivity contribution >= 4 is 19.4 Å². The van der Waals surface area contributed by atoms with Gasteiger partial charge in [-0.2, -0.15) is 0 Å². The number of phosphoric ester groups is 1. The number of fused-ring (bicyclic) bond motifs is 1. The molecule has 0 unspecified atom stereocenters. The summed E-state index contributed by atoms with van der Waals surface area (Å²) >= 11 is 0. The molecule has 0 atom stereocenters. The standard InChI is InChI=1S/C30H45O7P/c1-28(2,3)21-16-14-20(15-17-21)18-24-25(31)22-12-10-11-13-23(22)26(32)27(24)34-19-35-38(33,36-29(4,5)6)37-30(7,8)9/h10-13,20-21H,14-19H2,1-9H3. The molecule has 212 valence electrons. The first-order valence-electron chi connectivity index (χ1n) is 13.6. The maximum atomic E-state index is 13.6. The zero-order valence-electron chi connectivity index (χ0n) is 24.5. The Morgan fingerprint density at radius 2 is 1.29 bits per heavy atom. The molecule has 1 aromatic rings. The number of hydrogen-bond acceptors (Lipinski definition) is 7. The van der Waals surface area contributed by atoms with E-state index in [0.29, 0.717) is 29.0 Å². The quantitative estimate of drug-likeness (QED) is 0.238. The van der Waals surface area contributed by atoms with Gasteiger partial charge in [0.25, 0.3) is 0 Å². The van der Waals surface area contributed by atoms with Crippen molar-refractivity contribution in [2.45, 2.75) is 106 Å². The highest BCUT2D eigenvalue weighted by Gasteiger charge is 2.39. The Balaban J connectivity index is 1.84. The molecule has 0 N–H and O–H groups in total. The number of hydrogen-bond donors (Lipinski definition) is 0. The Morgan fingerprint density at radius 1 is 0.789 bits per heavy atom. The summed E-state index contributed by atoms with van der Waals surface area (Å²) in [6, 6.07) is 6.79. The van der Waals surface area contributed by atoms with E-state index in [1.54, 1.807) is 65.8 Å². The van der Waals surface area contributed by atoms with Crippen LogP contribution in [0.4, 0.5) is 0 Å². The fourth-order valence-electron chi connectivity index (χ4n) is 5.16. The van der Waals surface area contributed by atoms with Crippen molar-refractivity contribution < 1.29 is 32.5 Å². The molecule has 8 heteroatoms. The summed E-state index contributed by atoms with van der Waals surface area (Å²) in [4.78, 5) is 27.1. The fraction of sp³-hybridized carbons (Fsp3) is 0.667. The zero-order valence-corrected chi connectivity index (χ0v) is 25.4. The van der Waals surface area contributed by atoms with E-state index in [2.05, 4.69) is 20.8 Å². The maximum absolute atomic E-state index is 13.6. The van der Waals surface area contributed by atoms with Crippen LogP contribution >= 0.6 is 7.82 Å². The molecule has 0 heterocycles. The van der Waals surface area contributed by atoms with E-state index >= 15 is 0 Å². The van der Waals surface area contributed by atoms with Crippen LogP contribution in [0.15, 0.2) is 35.6 Å². The van der Waals surface area contributed by atoms with E-state index in [-0.39, 0.29) is 28.7 Å². The first kappa shape index (κ1) is 30.7. The number of Topliss-reactive ketones (excluding diaryl/α,β-unsaturated/α-hetero) is 2. The number of phosphoric acid groups is 1. The third-order valence-corrected chi connectivity index (χ3v) is 8.88. The second-order valence-corrected chi connectivity index (χ2v) is 15.1. The highest BCUT2D eigenvalue weighted by molar-refractivity contribution is 7.48. The Bertz CT molecular complexity index is 1090. The number of benzene rings is 1. The Morgan fingerprint density at radius 3 is 1.76 bits per heavy atom. The first-order valence-corrected chi connectivity index (χ1v) is 15.0. The predicted molar refractivity (Wildman–Crippen MR) is 148 cm³/mol. The van der Waals surface area contributed by atoms with Gasteiger partial charge < -0.3 is 4.74 Å². The molecule has 3 rings (SSSR count). The van der Waals surface area contributed by atoms with Crippen molar-refractivity contribution in [3.63, 3.8) is 0 Å². The van der Waals surface area contributed by atoms with Gasteiger partial charge in [0, 0.05) is 16.7 Å². The molecule has 0 bridgehead atoms. The van der Waals surface area contributed by atoms with E-state index in [0.717, 1.165) is 25.7 Å². The smallest absolute Gasteiger partial charge is 0.462 e. The zero-order chi connectivity index (χ0) is 28.5. The van der Waals surface area contributed by atoms with Gasteiger partial charge >= 0.3 is 7.82 Å². The lowest BCUT2D eigenvalue weighted by Gasteiger charge is -2.37. The Kier molecular flexibility index (Phi) is 9.20. The summed E-state index contributed by atoms with van der Waals surface area (Å²) in [6.45, 7) is 16.7. The third-order valence-electron chi connectivity index (χ3n) is 6.92. The monoisotopic (exact) mass is 548 g/mol. The second kappa shape index (κ2) is 11.4. The van der Waals surface area contributed by atoms with Crippen LogP contribution in [0, 0.1) is 17.3 Å². The number of ketones is 2. The number of ether oxygens (including phenoxy) is 1. The van der Waals surface area contributed by atoms with E-state index in [4.69, 9.17) is 18.3 Å². The van der Waals surface area contributed by atoms with E-state index in [1.165, 1.54) is 0 Å². The van der Waals surface area contributed by atoms with E-state index in [1.807, 2.05) is 0 Å². The molecule has 1 saturated carbocycles. The number of carbonyl (C=O) groups is 2. The van der Waals surface area contributed by atoms with Crippen molar-refractivity contribution in [2.24, 2.45) is 17.3 Å². The van der Waals surface area contributed by atoms with Gasteiger partial charge in [-0.05, 0) is 90.9 Å². The molecular weight excluding hydrogens is 503 g/mol. The van der Waals surface area contributed by atoms with Crippen LogP contribution in [-0.4, -0.2) is 29.6 Å². The molecule has 1 fully saturated rings. The van der Waals surface area contributed by atoms with Gasteiger partial charge in [0.2, 0.25) is 12.6 Å². The number of carbonyl (C=O) groups excluding carboxylic acids is 2. The average Bonchev–Trinajstić information content (AvgIpc) is 2.76. The lowest BCUT2D eigenvalue weighted by molar-refractivity contribution is -0.0329. The minimum absolute atomic E-state index is 0.0373. The molecule has 2 aliphatic rings. The van der Waals surface area contributed by atoms with Crippen molar-refractivity contribution in [1.82, 2.24) is 0 Å². The number of allylic oxidation sites excluding steroid dienone is 2. The molecule has 1 aromatic carbocycles. The summed E-state index contributed by atoms with van der Waals surface area (Å²) < 4.78 is 36.1. The summed E-state index contributed by atoms with van der Waals surface area (Å²) in [7, 11) is -4.05.